The van der Waals surface area contributed by atoms with Crippen molar-refractivity contribution in [3.63, 3.8) is 0 Å². The third kappa shape index (κ3) is 2.96. The molecule has 6 N–H and O–H groups in total. The Balaban J connectivity index is 2.96. The van der Waals surface area contributed by atoms with Crippen LogP contribution in [-0.2, 0) is 4.79 Å². The third-order valence-corrected chi connectivity index (χ3v) is 2.09. The largest absolute Gasteiger partial charge is 0.481 e. The van der Waals surface area contributed by atoms with E-state index in [4.69, 9.17) is 16.6 Å². The molecule has 0 fully saturated rings. The lowest BCUT2D eigenvalue weighted by atomic mass is 9.99. The number of nitrogens with two attached hydrogens (primary N) is 2. The van der Waals surface area contributed by atoms with Crippen molar-refractivity contribution in [1.82, 2.24) is 0 Å². The van der Waals surface area contributed by atoms with Crippen LogP contribution in [0, 0.1) is 0 Å². The first-order valence-corrected chi connectivity index (χ1v) is 4.64. The van der Waals surface area contributed by atoms with E-state index in [0.29, 0.717) is 11.3 Å². The quantitative estimate of drug-likeness (QED) is 0.587. The summed E-state index contributed by atoms with van der Waals surface area (Å²) in [7, 11) is 0. The van der Waals surface area contributed by atoms with E-state index < -0.39 is 17.9 Å². The molecule has 0 saturated carbocycles. The zero-order chi connectivity index (χ0) is 12.1. The summed E-state index contributed by atoms with van der Waals surface area (Å²) < 4.78 is 0. The van der Waals surface area contributed by atoms with Crippen molar-refractivity contribution in [2.45, 2.75) is 5.92 Å². The number of aliphatic carboxylic acids is 1. The van der Waals surface area contributed by atoms with Crippen LogP contribution in [0.2, 0.25) is 0 Å². The monoisotopic (exact) mass is 223 g/mol. The molecular weight excluding hydrogens is 210 g/mol. The minimum atomic E-state index is -1.00. The molecule has 2 amide bonds. The van der Waals surface area contributed by atoms with E-state index in [1.54, 1.807) is 18.2 Å². The molecule has 6 nitrogen and oxygen atoms in total. The van der Waals surface area contributed by atoms with E-state index in [1.807, 2.05) is 0 Å². The second kappa shape index (κ2) is 5.13. The number of rotatable bonds is 4. The smallest absolute Gasteiger partial charge is 0.316 e. The molecule has 0 heterocycles. The predicted octanol–water partition coefficient (Wildman–Crippen LogP) is 0.304. The summed E-state index contributed by atoms with van der Waals surface area (Å²) in [6, 6.07) is 5.72. The SMILES string of the molecule is NCC(C(=O)O)c1cccc(NC(N)=O)c1. The molecule has 0 aliphatic heterocycles. The molecule has 1 aromatic rings. The molecule has 1 aromatic carbocycles. The van der Waals surface area contributed by atoms with Crippen LogP contribution in [0.5, 0.6) is 0 Å². The molecule has 86 valence electrons. The zero-order valence-electron chi connectivity index (χ0n) is 8.51. The van der Waals surface area contributed by atoms with Crippen LogP contribution in [0.4, 0.5) is 10.5 Å². The van der Waals surface area contributed by atoms with Crippen LogP contribution in [-0.4, -0.2) is 23.7 Å². The topological polar surface area (TPSA) is 118 Å². The highest BCUT2D eigenvalue weighted by molar-refractivity contribution is 5.88. The molecule has 0 spiro atoms. The molecule has 0 bridgehead atoms. The van der Waals surface area contributed by atoms with Gasteiger partial charge in [0.05, 0.1) is 5.92 Å². The van der Waals surface area contributed by atoms with Gasteiger partial charge in [0.1, 0.15) is 0 Å². The van der Waals surface area contributed by atoms with Gasteiger partial charge >= 0.3 is 12.0 Å². The van der Waals surface area contributed by atoms with Gasteiger partial charge in [-0.2, -0.15) is 0 Å². The van der Waals surface area contributed by atoms with Gasteiger partial charge in [0.25, 0.3) is 0 Å². The Morgan fingerprint density at radius 2 is 2.12 bits per heavy atom. The first kappa shape index (κ1) is 12.0. The lowest BCUT2D eigenvalue weighted by molar-refractivity contribution is -0.138. The predicted molar refractivity (Wildman–Crippen MR) is 59.1 cm³/mol. The van der Waals surface area contributed by atoms with E-state index in [9.17, 15) is 9.59 Å². The molecule has 1 unspecified atom stereocenters. The number of hydrogen-bond acceptors (Lipinski definition) is 3. The van der Waals surface area contributed by atoms with Gasteiger partial charge in [0.2, 0.25) is 0 Å². The number of primary amides is 1. The van der Waals surface area contributed by atoms with Crippen molar-refractivity contribution < 1.29 is 14.7 Å². The van der Waals surface area contributed by atoms with E-state index in [-0.39, 0.29) is 6.54 Å². The first-order chi connectivity index (χ1) is 7.54. The van der Waals surface area contributed by atoms with E-state index >= 15 is 0 Å². The van der Waals surface area contributed by atoms with Crippen molar-refractivity contribution in [2.75, 3.05) is 11.9 Å². The van der Waals surface area contributed by atoms with Crippen LogP contribution >= 0.6 is 0 Å². The first-order valence-electron chi connectivity index (χ1n) is 4.64. The molecule has 0 aliphatic carbocycles. The van der Waals surface area contributed by atoms with E-state index in [2.05, 4.69) is 5.32 Å². The van der Waals surface area contributed by atoms with Gasteiger partial charge in [0, 0.05) is 12.2 Å². The summed E-state index contributed by atoms with van der Waals surface area (Å²) in [5, 5.41) is 11.3. The lowest BCUT2D eigenvalue weighted by Crippen LogP contribution is -2.22. The Hall–Kier alpha value is -2.08. The second-order valence-corrected chi connectivity index (χ2v) is 3.24. The number of benzene rings is 1. The number of hydrogen-bond donors (Lipinski definition) is 4. The molecule has 6 heteroatoms. The molecule has 0 saturated heterocycles. The number of urea groups is 1. The van der Waals surface area contributed by atoms with Crippen LogP contribution in [0.25, 0.3) is 0 Å². The Labute approximate surface area is 92.2 Å². The number of carbonyl (C=O) groups excluding carboxylic acids is 1. The van der Waals surface area contributed by atoms with Gasteiger partial charge in [-0.3, -0.25) is 4.79 Å². The van der Waals surface area contributed by atoms with Gasteiger partial charge < -0.3 is 21.9 Å². The molecular formula is C10H13N3O3. The Bertz CT molecular complexity index is 406. The fourth-order valence-electron chi connectivity index (χ4n) is 1.35. The summed E-state index contributed by atoms with van der Waals surface area (Å²) in [5.41, 5.74) is 11.3. The standard InChI is InChI=1S/C10H13N3O3/c11-5-8(9(14)15)6-2-1-3-7(4-6)13-10(12)16/h1-4,8H,5,11H2,(H,14,15)(H3,12,13,16). The summed E-state index contributed by atoms with van der Waals surface area (Å²) in [6.07, 6.45) is 0. The Morgan fingerprint density at radius 1 is 1.44 bits per heavy atom. The number of carbonyl (C=O) groups is 2. The highest BCUT2D eigenvalue weighted by Crippen LogP contribution is 2.19. The molecule has 16 heavy (non-hydrogen) atoms. The number of anilines is 1. The number of amides is 2. The lowest BCUT2D eigenvalue weighted by Gasteiger charge is -2.11. The van der Waals surface area contributed by atoms with Crippen LogP contribution in [0.15, 0.2) is 24.3 Å². The van der Waals surface area contributed by atoms with E-state index in [1.165, 1.54) is 6.07 Å². The average Bonchev–Trinajstić information content (AvgIpc) is 2.17. The van der Waals surface area contributed by atoms with Crippen molar-refractivity contribution in [3.05, 3.63) is 29.8 Å². The third-order valence-electron chi connectivity index (χ3n) is 2.09. The minimum absolute atomic E-state index is 0.00461. The number of carboxylic acid groups (broad SMARTS) is 1. The molecule has 0 radical (unpaired) electrons. The van der Waals surface area contributed by atoms with Crippen LogP contribution in [0.1, 0.15) is 11.5 Å². The van der Waals surface area contributed by atoms with Gasteiger partial charge in [0.15, 0.2) is 0 Å². The highest BCUT2D eigenvalue weighted by Gasteiger charge is 2.17. The molecule has 0 aliphatic rings. The normalized spacial score (nSPS) is 11.8. The maximum Gasteiger partial charge on any atom is 0.316 e. The van der Waals surface area contributed by atoms with Crippen LogP contribution in [0.3, 0.4) is 0 Å². The number of nitrogens with one attached hydrogen (secondary N) is 1. The van der Waals surface area contributed by atoms with Crippen molar-refractivity contribution in [1.29, 1.82) is 0 Å². The van der Waals surface area contributed by atoms with Crippen molar-refractivity contribution in [2.24, 2.45) is 11.5 Å². The van der Waals surface area contributed by atoms with Gasteiger partial charge in [-0.25, -0.2) is 4.79 Å². The Morgan fingerprint density at radius 3 is 2.62 bits per heavy atom. The molecule has 1 rings (SSSR count). The second-order valence-electron chi connectivity index (χ2n) is 3.24. The maximum absolute atomic E-state index is 10.9. The van der Waals surface area contributed by atoms with Gasteiger partial charge in [-0.15, -0.1) is 0 Å². The number of carboxylic acids is 1. The summed E-state index contributed by atoms with van der Waals surface area (Å²) in [4.78, 5) is 21.5. The van der Waals surface area contributed by atoms with Crippen molar-refractivity contribution in [3.8, 4) is 0 Å². The summed E-state index contributed by atoms with van der Waals surface area (Å²) in [6.45, 7) is -0.00461. The van der Waals surface area contributed by atoms with Crippen molar-refractivity contribution >= 4 is 17.7 Å². The maximum atomic E-state index is 10.9. The Kier molecular flexibility index (Phi) is 3.84. The fourth-order valence-corrected chi connectivity index (χ4v) is 1.35. The minimum Gasteiger partial charge on any atom is -0.481 e. The van der Waals surface area contributed by atoms with Gasteiger partial charge in [-0.1, -0.05) is 12.1 Å². The van der Waals surface area contributed by atoms with E-state index in [0.717, 1.165) is 0 Å². The fraction of sp³-hybridized carbons (Fsp3) is 0.200. The summed E-state index contributed by atoms with van der Waals surface area (Å²) in [5.74, 6) is -1.78. The van der Waals surface area contributed by atoms with Gasteiger partial charge in [-0.05, 0) is 17.7 Å². The molecule has 1 atom stereocenters. The average molecular weight is 223 g/mol. The highest BCUT2D eigenvalue weighted by atomic mass is 16.4. The van der Waals surface area contributed by atoms with Crippen LogP contribution < -0.4 is 16.8 Å². The molecule has 0 aromatic heterocycles. The zero-order valence-corrected chi connectivity index (χ0v) is 8.51. The summed E-state index contributed by atoms with van der Waals surface area (Å²) >= 11 is 0.